The van der Waals surface area contributed by atoms with Gasteiger partial charge < -0.3 is 9.64 Å². The molecule has 1 N–H and O–H groups in total. The van der Waals surface area contributed by atoms with E-state index in [0.717, 1.165) is 10.5 Å². The maximum atomic E-state index is 12.8. The van der Waals surface area contributed by atoms with Crippen molar-refractivity contribution < 1.29 is 19.2 Å². The van der Waals surface area contributed by atoms with Crippen molar-refractivity contribution in [3.05, 3.63) is 60.2 Å². The number of ether oxygens (including phenoxy) is 1. The van der Waals surface area contributed by atoms with Gasteiger partial charge >= 0.3 is 0 Å². The average Bonchev–Trinajstić information content (AvgIpc) is 2.90. The largest absolute Gasteiger partial charge is 0.497 e. The van der Waals surface area contributed by atoms with Gasteiger partial charge in [0.25, 0.3) is 5.91 Å². The summed E-state index contributed by atoms with van der Waals surface area (Å²) in [7, 11) is 3.52. The molecule has 1 saturated heterocycles. The van der Waals surface area contributed by atoms with Gasteiger partial charge in [-0.2, -0.15) is 0 Å². The van der Waals surface area contributed by atoms with E-state index in [1.807, 2.05) is 37.4 Å². The van der Waals surface area contributed by atoms with Crippen LogP contribution >= 0.6 is 0 Å². The molecule has 1 heterocycles. The van der Waals surface area contributed by atoms with Crippen LogP contribution in [0.3, 0.4) is 0 Å². The van der Waals surface area contributed by atoms with Crippen LogP contribution in [0.5, 0.6) is 5.75 Å². The minimum absolute atomic E-state index is 0.151. The Hall–Kier alpha value is -2.66. The van der Waals surface area contributed by atoms with Crippen molar-refractivity contribution in [3.8, 4) is 5.75 Å². The second-order valence-electron chi connectivity index (χ2n) is 6.03. The summed E-state index contributed by atoms with van der Waals surface area (Å²) in [5.74, 6) is 0.314. The van der Waals surface area contributed by atoms with Gasteiger partial charge in [-0.1, -0.05) is 36.4 Å². The number of benzene rings is 2. The number of anilines is 1. The lowest BCUT2D eigenvalue weighted by molar-refractivity contribution is -0.908. The maximum Gasteiger partial charge on any atom is 0.292 e. The zero-order valence-electron chi connectivity index (χ0n) is 13.9. The molecule has 0 radical (unpaired) electrons. The molecule has 1 unspecified atom stereocenters. The number of methoxy groups -OCH3 is 1. The molecule has 2 aromatic carbocycles. The van der Waals surface area contributed by atoms with Crippen molar-refractivity contribution in [2.45, 2.75) is 19.0 Å². The van der Waals surface area contributed by atoms with Gasteiger partial charge in [0.15, 0.2) is 6.04 Å². The Bertz CT molecular complexity index is 745. The summed E-state index contributed by atoms with van der Waals surface area (Å²) >= 11 is 0. The van der Waals surface area contributed by atoms with Crippen LogP contribution in [0.25, 0.3) is 0 Å². The van der Waals surface area contributed by atoms with Crippen LogP contribution in [0.15, 0.2) is 54.6 Å². The highest BCUT2D eigenvalue weighted by Gasteiger charge is 2.44. The van der Waals surface area contributed by atoms with Crippen LogP contribution in [0, 0.1) is 0 Å². The Morgan fingerprint density at radius 3 is 2.58 bits per heavy atom. The molecule has 2 amide bonds. The second-order valence-corrected chi connectivity index (χ2v) is 6.03. The van der Waals surface area contributed by atoms with Gasteiger partial charge in [0.05, 0.1) is 26.3 Å². The van der Waals surface area contributed by atoms with Crippen LogP contribution in [0.2, 0.25) is 0 Å². The summed E-state index contributed by atoms with van der Waals surface area (Å²) in [5, 5.41) is 0. The molecule has 0 saturated carbocycles. The summed E-state index contributed by atoms with van der Waals surface area (Å²) in [6.45, 7) is 0.705. The lowest BCUT2D eigenvalue weighted by atomic mass is 10.1. The molecule has 5 heteroatoms. The molecule has 1 aliphatic heterocycles. The highest BCUT2D eigenvalue weighted by molar-refractivity contribution is 6.21. The Kier molecular flexibility index (Phi) is 4.62. The van der Waals surface area contributed by atoms with Gasteiger partial charge in [-0.3, -0.25) is 9.59 Å². The van der Waals surface area contributed by atoms with Crippen molar-refractivity contribution >= 4 is 17.5 Å². The molecular formula is C19H21N2O3+. The number of imide groups is 1. The van der Waals surface area contributed by atoms with E-state index in [1.165, 1.54) is 4.90 Å². The number of nitrogens with one attached hydrogen (secondary N) is 1. The van der Waals surface area contributed by atoms with Gasteiger partial charge in [0.1, 0.15) is 12.3 Å². The van der Waals surface area contributed by atoms with Crippen molar-refractivity contribution in [3.63, 3.8) is 0 Å². The Balaban J connectivity index is 1.78. The molecule has 24 heavy (non-hydrogen) atoms. The Morgan fingerprint density at radius 1 is 1.12 bits per heavy atom. The van der Waals surface area contributed by atoms with E-state index in [1.54, 1.807) is 31.4 Å². The first kappa shape index (κ1) is 16.2. The lowest BCUT2D eigenvalue weighted by Gasteiger charge is -2.20. The van der Waals surface area contributed by atoms with Crippen LogP contribution in [0.4, 0.5) is 5.69 Å². The fourth-order valence-electron chi connectivity index (χ4n) is 3.08. The van der Waals surface area contributed by atoms with E-state index in [0.29, 0.717) is 18.0 Å². The van der Waals surface area contributed by atoms with E-state index in [-0.39, 0.29) is 24.3 Å². The minimum atomic E-state index is -0.357. The van der Waals surface area contributed by atoms with E-state index in [2.05, 4.69) is 0 Å². The Morgan fingerprint density at radius 2 is 1.88 bits per heavy atom. The molecule has 0 aliphatic carbocycles. The van der Waals surface area contributed by atoms with Crippen molar-refractivity contribution in [2.75, 3.05) is 19.1 Å². The van der Waals surface area contributed by atoms with Crippen molar-refractivity contribution in [1.29, 1.82) is 0 Å². The molecule has 0 spiro atoms. The van der Waals surface area contributed by atoms with E-state index in [9.17, 15) is 9.59 Å². The topological polar surface area (TPSA) is 51.0 Å². The average molecular weight is 325 g/mol. The molecule has 0 bridgehead atoms. The highest BCUT2D eigenvalue weighted by atomic mass is 16.5. The first-order chi connectivity index (χ1) is 11.6. The SMILES string of the molecule is COc1cccc(N2C(=O)C[C@@H]([NH+](C)Cc3ccccc3)C2=O)c1. The zero-order chi connectivity index (χ0) is 17.1. The predicted molar refractivity (Wildman–Crippen MR) is 90.9 cm³/mol. The first-order valence-corrected chi connectivity index (χ1v) is 7.97. The molecule has 0 aromatic heterocycles. The highest BCUT2D eigenvalue weighted by Crippen LogP contribution is 2.25. The lowest BCUT2D eigenvalue weighted by Crippen LogP contribution is -3.12. The smallest absolute Gasteiger partial charge is 0.292 e. The van der Waals surface area contributed by atoms with Crippen LogP contribution in [-0.2, 0) is 16.1 Å². The van der Waals surface area contributed by atoms with Gasteiger partial charge in [-0.15, -0.1) is 0 Å². The van der Waals surface area contributed by atoms with Crippen molar-refractivity contribution in [2.24, 2.45) is 0 Å². The molecule has 2 aromatic rings. The van der Waals surface area contributed by atoms with Gasteiger partial charge in [-0.05, 0) is 12.1 Å². The first-order valence-electron chi connectivity index (χ1n) is 7.97. The third-order valence-electron chi connectivity index (χ3n) is 4.38. The van der Waals surface area contributed by atoms with E-state index in [4.69, 9.17) is 4.74 Å². The number of amides is 2. The summed E-state index contributed by atoms with van der Waals surface area (Å²) < 4.78 is 5.18. The van der Waals surface area contributed by atoms with Crippen LogP contribution in [-0.4, -0.2) is 32.0 Å². The third kappa shape index (κ3) is 3.16. The number of hydrogen-bond acceptors (Lipinski definition) is 3. The number of rotatable bonds is 5. The molecule has 5 nitrogen and oxygen atoms in total. The third-order valence-corrected chi connectivity index (χ3v) is 4.38. The zero-order valence-corrected chi connectivity index (χ0v) is 13.9. The quantitative estimate of drug-likeness (QED) is 0.836. The number of carbonyl (C=O) groups excluding carboxylic acids is 2. The van der Waals surface area contributed by atoms with Crippen LogP contribution < -0.4 is 14.5 Å². The Labute approximate surface area is 141 Å². The summed E-state index contributed by atoms with van der Waals surface area (Å²) in [6.07, 6.45) is 0.231. The minimum Gasteiger partial charge on any atom is -0.497 e. The number of carbonyl (C=O) groups is 2. The fraction of sp³-hybridized carbons (Fsp3) is 0.263. The maximum absolute atomic E-state index is 12.8. The van der Waals surface area contributed by atoms with Gasteiger partial charge in [0.2, 0.25) is 5.91 Å². The van der Waals surface area contributed by atoms with Gasteiger partial charge in [-0.25, -0.2) is 4.90 Å². The summed E-state index contributed by atoms with van der Waals surface area (Å²) in [4.78, 5) is 27.5. The van der Waals surface area contributed by atoms with Gasteiger partial charge in [0, 0.05) is 11.6 Å². The van der Waals surface area contributed by atoms with E-state index >= 15 is 0 Å². The summed E-state index contributed by atoms with van der Waals surface area (Å²) in [6, 6.07) is 16.7. The number of nitrogens with zero attached hydrogens (tertiary/aromatic N) is 1. The standard InChI is InChI=1S/C19H20N2O3/c1-20(13-14-7-4-3-5-8-14)17-12-18(22)21(19(17)23)15-9-6-10-16(11-15)24-2/h3-11,17H,12-13H2,1-2H3/p+1/t17-/m1/s1. The van der Waals surface area contributed by atoms with Crippen LogP contribution in [0.1, 0.15) is 12.0 Å². The molecule has 124 valence electrons. The molecule has 1 aliphatic rings. The summed E-state index contributed by atoms with van der Waals surface area (Å²) in [5.41, 5.74) is 1.72. The molecule has 2 atom stereocenters. The van der Waals surface area contributed by atoms with E-state index < -0.39 is 0 Å². The van der Waals surface area contributed by atoms with Crippen molar-refractivity contribution in [1.82, 2.24) is 0 Å². The monoisotopic (exact) mass is 325 g/mol. The predicted octanol–water partition coefficient (Wildman–Crippen LogP) is 1.04. The fourth-order valence-corrected chi connectivity index (χ4v) is 3.08. The number of hydrogen-bond donors (Lipinski definition) is 1. The number of quaternary nitrogens is 1. The normalized spacial score (nSPS) is 18.8. The molecule has 3 rings (SSSR count). The molecule has 1 fully saturated rings. The second kappa shape index (κ2) is 6.84. The number of likely N-dealkylation sites (N-methyl/N-ethyl adjacent to an activating group) is 1. The molecular weight excluding hydrogens is 304 g/mol.